The average molecular weight is 305 g/mol. The highest BCUT2D eigenvalue weighted by Gasteiger charge is 2.07. The van der Waals surface area contributed by atoms with Gasteiger partial charge in [-0.15, -0.1) is 0 Å². The fraction of sp³-hybridized carbons (Fsp3) is 0.444. The molecule has 1 aromatic heterocycles. The number of carbonyl (C=O) groups is 1. The maximum absolute atomic E-state index is 10.8. The fourth-order valence-corrected chi connectivity index (χ4v) is 1.45. The highest BCUT2D eigenvalue weighted by molar-refractivity contribution is 14.1. The van der Waals surface area contributed by atoms with Crippen LogP contribution in [0.3, 0.4) is 0 Å². The molecule has 0 aliphatic rings. The molecule has 76 valence electrons. The van der Waals surface area contributed by atoms with Gasteiger partial charge >= 0.3 is 0 Å². The number of rotatable bonds is 2. The number of amides is 1. The van der Waals surface area contributed by atoms with Crippen LogP contribution in [0, 0.1) is 3.70 Å². The van der Waals surface area contributed by atoms with Crippen LogP contribution in [0.25, 0.3) is 0 Å². The molecule has 4 nitrogen and oxygen atoms in total. The maximum Gasteiger partial charge on any atom is 0.221 e. The minimum absolute atomic E-state index is 0.108. The third-order valence-corrected chi connectivity index (χ3v) is 2.41. The van der Waals surface area contributed by atoms with Gasteiger partial charge in [0, 0.05) is 12.8 Å². The van der Waals surface area contributed by atoms with Crippen molar-refractivity contribution in [3.8, 4) is 0 Å². The molecule has 0 atom stereocenters. The van der Waals surface area contributed by atoms with Crippen molar-refractivity contribution in [3.05, 3.63) is 15.7 Å². The largest absolute Gasteiger partial charge is 0.323 e. The van der Waals surface area contributed by atoms with Gasteiger partial charge in [0.15, 0.2) is 0 Å². The lowest BCUT2D eigenvalue weighted by Crippen LogP contribution is -2.10. The van der Waals surface area contributed by atoms with Gasteiger partial charge in [0.1, 0.15) is 9.53 Å². The monoisotopic (exact) mass is 305 g/mol. The summed E-state index contributed by atoms with van der Waals surface area (Å²) in [6, 6.07) is 0. The fourth-order valence-electron chi connectivity index (χ4n) is 0.925. The number of hydrogen-bond acceptors (Lipinski definition) is 3. The molecule has 0 bridgehead atoms. The van der Waals surface area contributed by atoms with E-state index in [-0.39, 0.29) is 5.91 Å². The number of anilines is 1. The van der Waals surface area contributed by atoms with Crippen molar-refractivity contribution in [1.82, 2.24) is 9.97 Å². The van der Waals surface area contributed by atoms with Crippen LogP contribution < -0.4 is 5.32 Å². The second-order valence-electron chi connectivity index (χ2n) is 3.27. The van der Waals surface area contributed by atoms with Crippen LogP contribution >= 0.6 is 22.6 Å². The zero-order chi connectivity index (χ0) is 10.7. The summed E-state index contributed by atoms with van der Waals surface area (Å²) in [5.74, 6) is 0.988. The number of aromatic nitrogens is 2. The van der Waals surface area contributed by atoms with Gasteiger partial charge in [0.2, 0.25) is 5.91 Å². The van der Waals surface area contributed by atoms with Crippen LogP contribution in [0.2, 0.25) is 0 Å². The first-order valence-corrected chi connectivity index (χ1v) is 5.38. The maximum atomic E-state index is 10.8. The summed E-state index contributed by atoms with van der Waals surface area (Å²) in [7, 11) is 0. The van der Waals surface area contributed by atoms with E-state index in [4.69, 9.17) is 0 Å². The van der Waals surface area contributed by atoms with Crippen LogP contribution in [-0.4, -0.2) is 15.9 Å². The quantitative estimate of drug-likeness (QED) is 0.673. The van der Waals surface area contributed by atoms with Gasteiger partial charge in [0.05, 0.1) is 11.9 Å². The second-order valence-corrected chi connectivity index (χ2v) is 4.29. The summed E-state index contributed by atoms with van der Waals surface area (Å²) in [6.45, 7) is 5.53. The second kappa shape index (κ2) is 4.68. The Hall–Kier alpha value is -0.720. The Morgan fingerprint density at radius 3 is 2.64 bits per heavy atom. The summed E-state index contributed by atoms with van der Waals surface area (Å²) in [4.78, 5) is 19.3. The van der Waals surface area contributed by atoms with Crippen molar-refractivity contribution in [2.75, 3.05) is 5.32 Å². The van der Waals surface area contributed by atoms with E-state index in [2.05, 4.69) is 37.9 Å². The van der Waals surface area contributed by atoms with Gasteiger partial charge in [-0.2, -0.15) is 0 Å². The molecule has 14 heavy (non-hydrogen) atoms. The van der Waals surface area contributed by atoms with Crippen LogP contribution in [0.15, 0.2) is 6.20 Å². The van der Waals surface area contributed by atoms with Gasteiger partial charge in [0.25, 0.3) is 0 Å². The Balaban J connectivity index is 2.95. The molecule has 0 radical (unpaired) electrons. The van der Waals surface area contributed by atoms with Gasteiger partial charge < -0.3 is 5.32 Å². The molecule has 1 rings (SSSR count). The lowest BCUT2D eigenvalue weighted by molar-refractivity contribution is -0.114. The first-order valence-electron chi connectivity index (χ1n) is 4.30. The van der Waals surface area contributed by atoms with Gasteiger partial charge in [-0.05, 0) is 22.6 Å². The number of hydrogen-bond donors (Lipinski definition) is 1. The van der Waals surface area contributed by atoms with Crippen molar-refractivity contribution >= 4 is 34.2 Å². The molecule has 1 heterocycles. The Labute approximate surface area is 96.7 Å². The molecule has 1 amide bonds. The molecule has 0 spiro atoms. The van der Waals surface area contributed by atoms with Crippen LogP contribution in [0.5, 0.6) is 0 Å². The van der Waals surface area contributed by atoms with E-state index in [1.165, 1.54) is 6.92 Å². The lowest BCUT2D eigenvalue weighted by Gasteiger charge is -2.07. The summed E-state index contributed by atoms with van der Waals surface area (Å²) < 4.78 is 0.775. The van der Waals surface area contributed by atoms with Crippen molar-refractivity contribution in [1.29, 1.82) is 0 Å². The third kappa shape index (κ3) is 2.90. The average Bonchev–Trinajstić information content (AvgIpc) is 2.07. The highest BCUT2D eigenvalue weighted by Crippen LogP contribution is 2.17. The number of halogens is 1. The Bertz CT molecular complexity index is 352. The van der Waals surface area contributed by atoms with Crippen molar-refractivity contribution in [2.45, 2.75) is 26.7 Å². The molecule has 0 aromatic carbocycles. The van der Waals surface area contributed by atoms with Gasteiger partial charge in [-0.25, -0.2) is 9.97 Å². The van der Waals surface area contributed by atoms with Crippen LogP contribution in [0.1, 0.15) is 32.5 Å². The van der Waals surface area contributed by atoms with E-state index >= 15 is 0 Å². The molecule has 0 saturated carbocycles. The van der Waals surface area contributed by atoms with E-state index in [0.29, 0.717) is 11.6 Å². The Morgan fingerprint density at radius 1 is 1.57 bits per heavy atom. The molecule has 0 fully saturated rings. The zero-order valence-corrected chi connectivity index (χ0v) is 10.5. The highest BCUT2D eigenvalue weighted by atomic mass is 127. The molecule has 0 saturated heterocycles. The number of nitrogens with one attached hydrogen (secondary N) is 1. The number of carbonyl (C=O) groups excluding carboxylic acids is 1. The standard InChI is InChI=1S/C9H12IN3O/c1-5(2)9-11-4-7(8(10)13-9)12-6(3)14/h4-5H,1-3H3,(H,12,14). The van der Waals surface area contributed by atoms with E-state index in [1.54, 1.807) is 6.20 Å². The molecule has 0 aliphatic carbocycles. The van der Waals surface area contributed by atoms with Crippen molar-refractivity contribution < 1.29 is 4.79 Å². The van der Waals surface area contributed by atoms with Gasteiger partial charge in [-0.1, -0.05) is 13.8 Å². The van der Waals surface area contributed by atoms with E-state index in [9.17, 15) is 4.79 Å². The normalized spacial score (nSPS) is 10.4. The first kappa shape index (κ1) is 11.4. The van der Waals surface area contributed by atoms with E-state index < -0.39 is 0 Å². The van der Waals surface area contributed by atoms with Crippen LogP contribution in [0.4, 0.5) is 5.69 Å². The molecular weight excluding hydrogens is 293 g/mol. The Kier molecular flexibility index (Phi) is 3.79. The topological polar surface area (TPSA) is 54.9 Å². The summed E-state index contributed by atoms with van der Waals surface area (Å²) in [6.07, 6.45) is 1.64. The SMILES string of the molecule is CC(=O)Nc1cnc(C(C)C)nc1I. The molecule has 1 aromatic rings. The summed E-state index contributed by atoms with van der Waals surface area (Å²) in [5.41, 5.74) is 0.669. The van der Waals surface area contributed by atoms with Crippen molar-refractivity contribution in [3.63, 3.8) is 0 Å². The van der Waals surface area contributed by atoms with Gasteiger partial charge in [-0.3, -0.25) is 4.79 Å². The third-order valence-electron chi connectivity index (χ3n) is 1.59. The van der Waals surface area contributed by atoms with E-state index in [0.717, 1.165) is 9.53 Å². The number of nitrogens with zero attached hydrogens (tertiary/aromatic N) is 2. The molecule has 0 unspecified atom stereocenters. The predicted octanol–water partition coefficient (Wildman–Crippen LogP) is 2.16. The predicted molar refractivity (Wildman–Crippen MR) is 63.1 cm³/mol. The lowest BCUT2D eigenvalue weighted by atomic mass is 10.2. The van der Waals surface area contributed by atoms with Crippen LogP contribution in [-0.2, 0) is 4.79 Å². The minimum Gasteiger partial charge on any atom is -0.323 e. The molecule has 5 heteroatoms. The molecule has 0 aliphatic heterocycles. The molecular formula is C9H12IN3O. The van der Waals surface area contributed by atoms with Crippen molar-refractivity contribution in [2.24, 2.45) is 0 Å². The van der Waals surface area contributed by atoms with E-state index in [1.807, 2.05) is 13.8 Å². The first-order chi connectivity index (χ1) is 6.50. The smallest absolute Gasteiger partial charge is 0.221 e. The minimum atomic E-state index is -0.108. The Morgan fingerprint density at radius 2 is 2.21 bits per heavy atom. The summed E-state index contributed by atoms with van der Waals surface area (Å²) in [5, 5.41) is 2.67. The summed E-state index contributed by atoms with van der Waals surface area (Å²) >= 11 is 2.09. The zero-order valence-electron chi connectivity index (χ0n) is 8.34. The molecule has 1 N–H and O–H groups in total.